The van der Waals surface area contributed by atoms with Crippen molar-refractivity contribution in [3.8, 4) is 5.75 Å². The van der Waals surface area contributed by atoms with Gasteiger partial charge >= 0.3 is 0 Å². The van der Waals surface area contributed by atoms with E-state index in [-0.39, 0.29) is 12.5 Å². The Bertz CT molecular complexity index is 1280. The normalized spacial score (nSPS) is 18.0. The summed E-state index contributed by atoms with van der Waals surface area (Å²) in [4.78, 5) is 15.4. The van der Waals surface area contributed by atoms with Crippen molar-refractivity contribution < 1.29 is 17.9 Å². The molecule has 1 aliphatic heterocycles. The molecule has 0 saturated carbocycles. The highest BCUT2D eigenvalue weighted by Gasteiger charge is 2.33. The van der Waals surface area contributed by atoms with Crippen LogP contribution in [0.15, 0.2) is 83.8 Å². The fourth-order valence-electron chi connectivity index (χ4n) is 4.70. The van der Waals surface area contributed by atoms with E-state index < -0.39 is 16.1 Å². The predicted molar refractivity (Wildman–Crippen MR) is 142 cm³/mol. The minimum atomic E-state index is -3.79. The van der Waals surface area contributed by atoms with E-state index in [0.29, 0.717) is 55.1 Å². The molecule has 3 aromatic carbocycles. The van der Waals surface area contributed by atoms with Crippen LogP contribution in [0.4, 0.5) is 0 Å². The number of ether oxygens (including phenoxy) is 1. The summed E-state index contributed by atoms with van der Waals surface area (Å²) in [6.45, 7) is 5.41. The van der Waals surface area contributed by atoms with Gasteiger partial charge in [0.1, 0.15) is 12.4 Å². The number of amides is 1. The summed E-state index contributed by atoms with van der Waals surface area (Å²) in [6.07, 6.45) is 1.85. The first kappa shape index (κ1) is 25.9. The van der Waals surface area contributed by atoms with Crippen molar-refractivity contribution in [2.75, 3.05) is 26.2 Å². The average Bonchev–Trinajstić information content (AvgIpc) is 2.89. The third-order valence-corrected chi connectivity index (χ3v) is 8.79. The van der Waals surface area contributed by atoms with E-state index in [2.05, 4.69) is 0 Å². The summed E-state index contributed by atoms with van der Waals surface area (Å²) in [5.74, 6) is 0.422. The maximum atomic E-state index is 14.0. The van der Waals surface area contributed by atoms with Gasteiger partial charge in [-0.15, -0.1) is 0 Å². The fourth-order valence-corrected chi connectivity index (χ4v) is 6.58. The zero-order chi connectivity index (χ0) is 25.5. The molecule has 36 heavy (non-hydrogen) atoms. The van der Waals surface area contributed by atoms with E-state index in [1.165, 1.54) is 0 Å². The van der Waals surface area contributed by atoms with Crippen molar-refractivity contribution >= 4 is 15.9 Å². The maximum Gasteiger partial charge on any atom is 0.257 e. The number of fused-ring (bicyclic) bond motifs is 1. The summed E-state index contributed by atoms with van der Waals surface area (Å²) < 4.78 is 36.0. The smallest absolute Gasteiger partial charge is 0.257 e. The van der Waals surface area contributed by atoms with Crippen molar-refractivity contribution in [3.63, 3.8) is 0 Å². The monoisotopic (exact) mass is 506 g/mol. The van der Waals surface area contributed by atoms with Gasteiger partial charge < -0.3 is 9.64 Å². The highest BCUT2D eigenvalue weighted by atomic mass is 32.2. The summed E-state index contributed by atoms with van der Waals surface area (Å²) in [5.41, 5.74) is 2.26. The van der Waals surface area contributed by atoms with E-state index in [1.807, 2.05) is 68.4 Å². The Morgan fingerprint density at radius 2 is 1.56 bits per heavy atom. The van der Waals surface area contributed by atoms with Gasteiger partial charge in [-0.25, -0.2) is 8.42 Å². The number of aryl methyl sites for hydroxylation is 1. The lowest BCUT2D eigenvalue weighted by Crippen LogP contribution is -2.46. The first-order valence-electron chi connectivity index (χ1n) is 12.5. The number of para-hydroxylation sites is 1. The van der Waals surface area contributed by atoms with E-state index in [1.54, 1.807) is 33.5 Å². The molecule has 7 heteroatoms. The molecule has 1 aliphatic rings. The van der Waals surface area contributed by atoms with Crippen molar-refractivity contribution in [2.24, 2.45) is 0 Å². The maximum absolute atomic E-state index is 14.0. The van der Waals surface area contributed by atoms with Crippen LogP contribution in [0.2, 0.25) is 0 Å². The molecule has 0 aromatic heterocycles. The molecule has 6 nitrogen and oxygen atoms in total. The molecule has 0 radical (unpaired) electrons. The number of hydrogen-bond acceptors (Lipinski definition) is 4. The molecule has 1 heterocycles. The molecule has 1 atom stereocenters. The van der Waals surface area contributed by atoms with Gasteiger partial charge in [0.2, 0.25) is 10.0 Å². The first-order chi connectivity index (χ1) is 17.4. The molecule has 0 N–H and O–H groups in total. The van der Waals surface area contributed by atoms with Gasteiger partial charge in [0, 0.05) is 19.6 Å². The van der Waals surface area contributed by atoms with Crippen molar-refractivity contribution in [2.45, 2.75) is 44.0 Å². The predicted octanol–water partition coefficient (Wildman–Crippen LogP) is 4.93. The standard InChI is InChI=1S/C29H34N2O4S/c1-3-30-19-11-12-20-31(36(33,34)28-18-10-7-13-23(28)2)25(21-24-14-5-4-6-15-24)22-35-27-17-9-8-16-26(27)29(30)32/h4-10,13-18,25H,3,11-12,19-22H2,1-2H3/t25-/m0/s1. The van der Waals surface area contributed by atoms with Crippen LogP contribution in [0.25, 0.3) is 0 Å². The van der Waals surface area contributed by atoms with E-state index >= 15 is 0 Å². The van der Waals surface area contributed by atoms with Crippen molar-refractivity contribution in [3.05, 3.63) is 95.6 Å². The lowest BCUT2D eigenvalue weighted by Gasteiger charge is -2.33. The molecular formula is C29H34N2O4S. The third kappa shape index (κ3) is 5.79. The van der Waals surface area contributed by atoms with Crippen LogP contribution in [0.5, 0.6) is 5.75 Å². The van der Waals surface area contributed by atoms with E-state index in [0.717, 1.165) is 11.1 Å². The number of carbonyl (C=O) groups excluding carboxylic acids is 1. The first-order valence-corrected chi connectivity index (χ1v) is 14.0. The van der Waals surface area contributed by atoms with Gasteiger partial charge in [-0.1, -0.05) is 60.7 Å². The highest BCUT2D eigenvalue weighted by Crippen LogP contribution is 2.27. The summed E-state index contributed by atoms with van der Waals surface area (Å²) in [5, 5.41) is 0. The molecule has 0 bridgehead atoms. The molecule has 0 spiro atoms. The molecule has 190 valence electrons. The minimum absolute atomic E-state index is 0.0577. The van der Waals surface area contributed by atoms with Crippen LogP contribution < -0.4 is 4.74 Å². The van der Waals surface area contributed by atoms with Crippen LogP contribution in [0, 0.1) is 6.92 Å². The largest absolute Gasteiger partial charge is 0.491 e. The Balaban J connectivity index is 1.76. The van der Waals surface area contributed by atoms with Crippen LogP contribution in [0.1, 0.15) is 41.3 Å². The van der Waals surface area contributed by atoms with Gasteiger partial charge in [-0.3, -0.25) is 4.79 Å². The molecule has 0 unspecified atom stereocenters. The fraction of sp³-hybridized carbons (Fsp3) is 0.345. The number of sulfonamides is 1. The second-order valence-corrected chi connectivity index (χ2v) is 11.0. The zero-order valence-corrected chi connectivity index (χ0v) is 21.8. The molecule has 4 rings (SSSR count). The highest BCUT2D eigenvalue weighted by molar-refractivity contribution is 7.89. The second-order valence-electron chi connectivity index (χ2n) is 9.12. The van der Waals surface area contributed by atoms with Crippen LogP contribution in [0.3, 0.4) is 0 Å². The van der Waals surface area contributed by atoms with Crippen molar-refractivity contribution in [1.29, 1.82) is 0 Å². The number of benzene rings is 3. The molecule has 0 saturated heterocycles. The Hall–Kier alpha value is -3.16. The Kier molecular flexibility index (Phi) is 8.44. The lowest BCUT2D eigenvalue weighted by molar-refractivity contribution is 0.0750. The molecule has 1 amide bonds. The zero-order valence-electron chi connectivity index (χ0n) is 21.0. The summed E-state index contributed by atoms with van der Waals surface area (Å²) in [7, 11) is -3.79. The Labute approximate surface area is 214 Å². The lowest BCUT2D eigenvalue weighted by atomic mass is 10.1. The van der Waals surface area contributed by atoms with E-state index in [9.17, 15) is 13.2 Å². The molecule has 0 fully saturated rings. The number of nitrogens with zero attached hydrogens (tertiary/aromatic N) is 2. The molecular weight excluding hydrogens is 472 g/mol. The van der Waals surface area contributed by atoms with Crippen LogP contribution in [-0.2, 0) is 16.4 Å². The summed E-state index contributed by atoms with van der Waals surface area (Å²) in [6, 6.07) is 23.8. The van der Waals surface area contributed by atoms with E-state index in [4.69, 9.17) is 4.74 Å². The Morgan fingerprint density at radius 1 is 0.889 bits per heavy atom. The summed E-state index contributed by atoms with van der Waals surface area (Å²) >= 11 is 0. The number of carbonyl (C=O) groups is 1. The molecule has 3 aromatic rings. The number of hydrogen-bond donors (Lipinski definition) is 0. The number of rotatable bonds is 5. The third-order valence-electron chi connectivity index (χ3n) is 6.68. The minimum Gasteiger partial charge on any atom is -0.491 e. The molecule has 0 aliphatic carbocycles. The van der Waals surface area contributed by atoms with Gasteiger partial charge in [0.05, 0.1) is 16.5 Å². The van der Waals surface area contributed by atoms with Gasteiger partial charge in [0.15, 0.2) is 0 Å². The quantitative estimate of drug-likeness (QED) is 0.492. The van der Waals surface area contributed by atoms with Crippen molar-refractivity contribution in [1.82, 2.24) is 9.21 Å². The Morgan fingerprint density at radius 3 is 2.31 bits per heavy atom. The van der Waals surface area contributed by atoms with Gasteiger partial charge in [-0.05, 0) is 62.4 Å². The average molecular weight is 507 g/mol. The van der Waals surface area contributed by atoms with Crippen LogP contribution in [-0.4, -0.2) is 55.8 Å². The van der Waals surface area contributed by atoms with Gasteiger partial charge in [-0.2, -0.15) is 4.31 Å². The second kappa shape index (κ2) is 11.7. The van der Waals surface area contributed by atoms with Crippen LogP contribution >= 0.6 is 0 Å². The SMILES string of the molecule is CCN1CCCCN(S(=O)(=O)c2ccccc2C)[C@@H](Cc2ccccc2)COc2ccccc2C1=O. The topological polar surface area (TPSA) is 66.9 Å². The van der Waals surface area contributed by atoms with Gasteiger partial charge in [0.25, 0.3) is 5.91 Å².